The first kappa shape index (κ1) is 24.9. The minimum absolute atomic E-state index is 0.0517. The van der Waals surface area contributed by atoms with Gasteiger partial charge in [-0.05, 0) is 29.8 Å². The summed E-state index contributed by atoms with van der Waals surface area (Å²) in [7, 11) is 0. The van der Waals surface area contributed by atoms with Crippen molar-refractivity contribution in [3.8, 4) is 5.75 Å². The van der Waals surface area contributed by atoms with Crippen LogP contribution in [0.2, 0.25) is 0 Å². The van der Waals surface area contributed by atoms with Gasteiger partial charge in [-0.25, -0.2) is 4.79 Å². The topological polar surface area (TPSA) is 119 Å². The number of ether oxygens (including phenoxy) is 1. The number of thioether (sulfide) groups is 1. The molecule has 0 saturated carbocycles. The molecule has 1 heterocycles. The molecule has 1 saturated heterocycles. The van der Waals surface area contributed by atoms with Crippen molar-refractivity contribution >= 4 is 35.2 Å². The Kier molecular flexibility index (Phi) is 7.96. The summed E-state index contributed by atoms with van der Waals surface area (Å²) < 4.78 is 5.26. The molecule has 0 radical (unpaired) electrons. The zero-order valence-electron chi connectivity index (χ0n) is 19.1. The second kappa shape index (κ2) is 11.5. The monoisotopic (exact) mass is 505 g/mol. The molecule has 1 aliphatic rings. The molecular formula is C26H23N3O6S. The van der Waals surface area contributed by atoms with E-state index in [1.807, 2.05) is 60.7 Å². The number of ketones is 1. The molecule has 2 amide bonds. The number of non-ortho nitro benzene ring substituents is 1. The second-order valence-electron chi connectivity index (χ2n) is 8.06. The Morgan fingerprint density at radius 1 is 1.03 bits per heavy atom. The quantitative estimate of drug-likeness (QED) is 0.360. The fourth-order valence-corrected chi connectivity index (χ4v) is 4.95. The number of nitrogens with zero attached hydrogens (tertiary/aromatic N) is 2. The average Bonchev–Trinajstić information content (AvgIpc) is 3.24. The molecule has 36 heavy (non-hydrogen) atoms. The van der Waals surface area contributed by atoms with Crippen molar-refractivity contribution in [2.24, 2.45) is 0 Å². The molecule has 1 fully saturated rings. The van der Waals surface area contributed by atoms with E-state index in [0.29, 0.717) is 0 Å². The fraction of sp³-hybridized carbons (Fsp3) is 0.192. The number of nitrogens with one attached hydrogen (secondary N) is 1. The van der Waals surface area contributed by atoms with Crippen molar-refractivity contribution in [3.05, 3.63) is 101 Å². The second-order valence-corrected chi connectivity index (χ2v) is 9.21. The number of amides is 2. The van der Waals surface area contributed by atoms with E-state index in [1.54, 1.807) is 0 Å². The number of likely N-dealkylation sites (tertiary alicyclic amines) is 1. The van der Waals surface area contributed by atoms with Gasteiger partial charge < -0.3 is 15.0 Å². The van der Waals surface area contributed by atoms with Crippen LogP contribution >= 0.6 is 11.8 Å². The highest BCUT2D eigenvalue weighted by Gasteiger charge is 2.39. The summed E-state index contributed by atoms with van der Waals surface area (Å²) in [6.07, 6.45) is -0.444. The Balaban J connectivity index is 1.51. The summed E-state index contributed by atoms with van der Waals surface area (Å²) in [5.74, 6) is -0.347. The van der Waals surface area contributed by atoms with Gasteiger partial charge in [0.25, 0.3) is 5.69 Å². The van der Waals surface area contributed by atoms with Crippen LogP contribution in [0.1, 0.15) is 12.0 Å². The predicted molar refractivity (Wildman–Crippen MR) is 134 cm³/mol. The third kappa shape index (κ3) is 6.28. The maximum atomic E-state index is 13.6. The number of hydrogen-bond donors (Lipinski definition) is 1. The van der Waals surface area contributed by atoms with Gasteiger partial charge in [-0.3, -0.25) is 19.7 Å². The van der Waals surface area contributed by atoms with Crippen LogP contribution in [-0.4, -0.2) is 45.6 Å². The first-order valence-electron chi connectivity index (χ1n) is 11.2. The highest BCUT2D eigenvalue weighted by Crippen LogP contribution is 2.31. The lowest BCUT2D eigenvalue weighted by Crippen LogP contribution is -2.51. The number of benzene rings is 3. The number of rotatable bonds is 8. The summed E-state index contributed by atoms with van der Waals surface area (Å²) >= 11 is 1.30. The summed E-state index contributed by atoms with van der Waals surface area (Å²) in [5, 5.41) is 12.8. The Bertz CT molecular complexity index is 1240. The van der Waals surface area contributed by atoms with Crippen LogP contribution < -0.4 is 10.1 Å². The summed E-state index contributed by atoms with van der Waals surface area (Å²) in [4.78, 5) is 51.6. The predicted octanol–water partition coefficient (Wildman–Crippen LogP) is 4.21. The molecule has 1 unspecified atom stereocenters. The zero-order valence-corrected chi connectivity index (χ0v) is 19.9. The van der Waals surface area contributed by atoms with Crippen LogP contribution in [0.3, 0.4) is 0 Å². The van der Waals surface area contributed by atoms with Crippen LogP contribution in [0.4, 0.5) is 10.5 Å². The first-order chi connectivity index (χ1) is 17.4. The normalized spacial score (nSPS) is 15.8. The van der Waals surface area contributed by atoms with Gasteiger partial charge in [0.05, 0.1) is 4.92 Å². The van der Waals surface area contributed by atoms with E-state index in [2.05, 4.69) is 5.32 Å². The molecule has 0 bridgehead atoms. The first-order valence-corrected chi connectivity index (χ1v) is 12.1. The van der Waals surface area contributed by atoms with Gasteiger partial charge in [0.2, 0.25) is 5.91 Å². The molecule has 0 aliphatic carbocycles. The van der Waals surface area contributed by atoms with Crippen molar-refractivity contribution in [1.82, 2.24) is 10.2 Å². The average molecular weight is 506 g/mol. The van der Waals surface area contributed by atoms with Crippen LogP contribution in [-0.2, 0) is 16.0 Å². The van der Waals surface area contributed by atoms with Crippen LogP contribution in [0.5, 0.6) is 5.75 Å². The van der Waals surface area contributed by atoms with E-state index in [0.717, 1.165) is 10.5 Å². The molecule has 1 N–H and O–H groups in total. The lowest BCUT2D eigenvalue weighted by Gasteiger charge is -2.28. The van der Waals surface area contributed by atoms with Crippen LogP contribution in [0.25, 0.3) is 0 Å². The van der Waals surface area contributed by atoms with E-state index in [1.165, 1.54) is 40.9 Å². The number of nitro benzene ring substituents is 1. The SMILES string of the molecule is O=C(N[C@@H](Cc1ccccc1)C(=O)N1CCC(=O)C1Sc1ccccc1)Oc1ccc([N+](=O)[O-])cc1. The number of hydrogen-bond acceptors (Lipinski definition) is 7. The van der Waals surface area contributed by atoms with Crippen LogP contribution in [0, 0.1) is 10.1 Å². The van der Waals surface area contributed by atoms with Crippen molar-refractivity contribution < 1.29 is 24.0 Å². The molecule has 0 spiro atoms. The summed E-state index contributed by atoms with van der Waals surface area (Å²) in [5.41, 5.74) is 0.685. The Labute approximate surface area is 211 Å². The molecule has 10 heteroatoms. The van der Waals surface area contributed by atoms with E-state index < -0.39 is 28.3 Å². The smallest absolute Gasteiger partial charge is 0.410 e. The van der Waals surface area contributed by atoms with Crippen molar-refractivity contribution in [2.45, 2.75) is 29.2 Å². The molecule has 1 aliphatic heterocycles. The Morgan fingerprint density at radius 2 is 1.67 bits per heavy atom. The third-order valence-electron chi connectivity index (χ3n) is 5.56. The number of carbonyl (C=O) groups is 3. The molecule has 184 valence electrons. The summed E-state index contributed by atoms with van der Waals surface area (Å²) in [6, 6.07) is 22.6. The maximum absolute atomic E-state index is 13.6. The van der Waals surface area contributed by atoms with E-state index in [4.69, 9.17) is 4.74 Å². The highest BCUT2D eigenvalue weighted by atomic mass is 32.2. The number of nitro groups is 1. The van der Waals surface area contributed by atoms with Gasteiger partial charge in [-0.2, -0.15) is 0 Å². The largest absolute Gasteiger partial charge is 0.413 e. The Morgan fingerprint density at radius 3 is 2.31 bits per heavy atom. The van der Waals surface area contributed by atoms with Gasteiger partial charge in [0, 0.05) is 36.4 Å². The highest BCUT2D eigenvalue weighted by molar-refractivity contribution is 8.00. The lowest BCUT2D eigenvalue weighted by atomic mass is 10.1. The Hall–Kier alpha value is -4.18. The number of Topliss-reactive ketones (excluding diaryl/α,β-unsaturated/α-hetero) is 1. The fourth-order valence-electron chi connectivity index (χ4n) is 3.79. The minimum atomic E-state index is -0.984. The number of carbonyl (C=O) groups excluding carboxylic acids is 3. The van der Waals surface area contributed by atoms with Gasteiger partial charge >= 0.3 is 6.09 Å². The molecule has 3 aromatic carbocycles. The van der Waals surface area contributed by atoms with Gasteiger partial charge in [-0.15, -0.1) is 0 Å². The van der Waals surface area contributed by atoms with E-state index >= 15 is 0 Å². The molecule has 4 rings (SSSR count). The van der Waals surface area contributed by atoms with Gasteiger partial charge in [0.15, 0.2) is 5.78 Å². The van der Waals surface area contributed by atoms with Crippen molar-refractivity contribution in [3.63, 3.8) is 0 Å². The molecule has 9 nitrogen and oxygen atoms in total. The molecule has 0 aromatic heterocycles. The third-order valence-corrected chi connectivity index (χ3v) is 6.85. The standard InChI is InChI=1S/C26H23N3O6S/c30-23-15-16-28(25(23)36-21-9-5-2-6-10-21)24(31)22(17-18-7-3-1-4-8-18)27-26(32)35-20-13-11-19(12-14-20)29(33)34/h1-14,22,25H,15-17H2,(H,27,32)/t22-,25?/m0/s1. The molecule has 2 atom stereocenters. The van der Waals surface area contributed by atoms with E-state index in [9.17, 15) is 24.5 Å². The summed E-state index contributed by atoms with van der Waals surface area (Å²) in [6.45, 7) is 0.256. The van der Waals surface area contributed by atoms with Gasteiger partial charge in [-0.1, -0.05) is 60.3 Å². The van der Waals surface area contributed by atoms with Crippen LogP contribution in [0.15, 0.2) is 89.8 Å². The molecular weight excluding hydrogens is 482 g/mol. The van der Waals surface area contributed by atoms with Crippen molar-refractivity contribution in [2.75, 3.05) is 6.54 Å². The molecule has 3 aromatic rings. The minimum Gasteiger partial charge on any atom is -0.410 e. The lowest BCUT2D eigenvalue weighted by molar-refractivity contribution is -0.384. The van der Waals surface area contributed by atoms with Gasteiger partial charge in [0.1, 0.15) is 17.2 Å². The van der Waals surface area contributed by atoms with E-state index in [-0.39, 0.29) is 36.6 Å². The van der Waals surface area contributed by atoms with Crippen molar-refractivity contribution in [1.29, 1.82) is 0 Å². The maximum Gasteiger partial charge on any atom is 0.413 e. The zero-order chi connectivity index (χ0) is 25.5.